The highest BCUT2D eigenvalue weighted by atomic mass is 16.1. The number of carbonyl (C=O) groups excluding carboxylic acids is 1. The fourth-order valence-electron chi connectivity index (χ4n) is 0.624. The first kappa shape index (κ1) is 6.86. The zero-order chi connectivity index (χ0) is 7.40. The summed E-state index contributed by atoms with van der Waals surface area (Å²) in [5, 5.41) is 0. The topological polar surface area (TPSA) is 42.9 Å². The number of rotatable bonds is 2. The highest BCUT2D eigenvalue weighted by molar-refractivity contribution is 5.60. The molecular formula is C7H8N2O. The van der Waals surface area contributed by atoms with E-state index < -0.39 is 0 Å². The number of aromatic nitrogens is 2. The van der Waals surface area contributed by atoms with Gasteiger partial charge in [0.1, 0.15) is 12.6 Å². The second-order valence-electron chi connectivity index (χ2n) is 2.10. The van der Waals surface area contributed by atoms with Crippen molar-refractivity contribution >= 4 is 6.29 Å². The van der Waals surface area contributed by atoms with E-state index in [4.69, 9.17) is 0 Å². The number of carbonyl (C=O) groups is 1. The number of nitrogens with zero attached hydrogens (tertiary/aromatic N) is 2. The lowest BCUT2D eigenvalue weighted by atomic mass is 10.1. The van der Waals surface area contributed by atoms with Crippen molar-refractivity contribution in [1.82, 2.24) is 9.97 Å². The second-order valence-corrected chi connectivity index (χ2v) is 2.10. The average molecular weight is 136 g/mol. The zero-order valence-corrected chi connectivity index (χ0v) is 5.69. The molecule has 1 atom stereocenters. The molecule has 0 aliphatic carbocycles. The average Bonchev–Trinajstić information content (AvgIpc) is 2.05. The molecule has 0 fully saturated rings. The maximum Gasteiger partial charge on any atom is 0.127 e. The van der Waals surface area contributed by atoms with E-state index in [-0.39, 0.29) is 5.92 Å². The normalized spacial score (nSPS) is 12.5. The van der Waals surface area contributed by atoms with E-state index in [1.165, 1.54) is 6.33 Å². The first-order chi connectivity index (χ1) is 4.84. The van der Waals surface area contributed by atoms with Crippen molar-refractivity contribution in [3.63, 3.8) is 0 Å². The van der Waals surface area contributed by atoms with Crippen molar-refractivity contribution in [3.8, 4) is 0 Å². The molecular weight excluding hydrogens is 128 g/mol. The summed E-state index contributed by atoms with van der Waals surface area (Å²) in [7, 11) is 0. The van der Waals surface area contributed by atoms with Gasteiger partial charge in [0.25, 0.3) is 0 Å². The summed E-state index contributed by atoms with van der Waals surface area (Å²) >= 11 is 0. The van der Waals surface area contributed by atoms with Gasteiger partial charge in [-0.05, 0) is 5.56 Å². The third-order valence-electron chi connectivity index (χ3n) is 1.31. The van der Waals surface area contributed by atoms with E-state index in [9.17, 15) is 4.79 Å². The van der Waals surface area contributed by atoms with Crippen LogP contribution in [0.4, 0.5) is 0 Å². The standard InChI is InChI=1S/C7H8N2O/c1-6(4-10)7-2-8-5-9-3-7/h2-6H,1H3. The maximum atomic E-state index is 10.2. The van der Waals surface area contributed by atoms with Crippen LogP contribution >= 0.6 is 0 Å². The van der Waals surface area contributed by atoms with Gasteiger partial charge in [-0.3, -0.25) is 0 Å². The summed E-state index contributed by atoms with van der Waals surface area (Å²) in [4.78, 5) is 17.8. The van der Waals surface area contributed by atoms with Gasteiger partial charge in [-0.15, -0.1) is 0 Å². The summed E-state index contributed by atoms with van der Waals surface area (Å²) in [5.41, 5.74) is 0.859. The predicted octanol–water partition coefficient (Wildman–Crippen LogP) is 0.779. The number of hydrogen-bond donors (Lipinski definition) is 0. The van der Waals surface area contributed by atoms with Crippen molar-refractivity contribution in [2.24, 2.45) is 0 Å². The molecule has 0 aliphatic rings. The molecule has 0 aromatic carbocycles. The van der Waals surface area contributed by atoms with Crippen LogP contribution in [0.15, 0.2) is 18.7 Å². The molecule has 1 aromatic heterocycles. The van der Waals surface area contributed by atoms with Crippen LogP contribution in [0, 0.1) is 0 Å². The lowest BCUT2D eigenvalue weighted by Crippen LogP contribution is -1.95. The molecule has 0 spiro atoms. The summed E-state index contributed by atoms with van der Waals surface area (Å²) in [6.07, 6.45) is 5.61. The van der Waals surface area contributed by atoms with Gasteiger partial charge in [-0.1, -0.05) is 6.92 Å². The highest BCUT2D eigenvalue weighted by Crippen LogP contribution is 2.07. The Labute approximate surface area is 59.1 Å². The Kier molecular flexibility index (Phi) is 2.10. The molecule has 1 aromatic rings. The Balaban J connectivity index is 2.84. The minimum atomic E-state index is -0.0961. The molecule has 52 valence electrons. The van der Waals surface area contributed by atoms with Gasteiger partial charge in [0.15, 0.2) is 0 Å². The van der Waals surface area contributed by atoms with Crippen molar-refractivity contribution in [3.05, 3.63) is 24.3 Å². The molecule has 0 N–H and O–H groups in total. The van der Waals surface area contributed by atoms with Crippen molar-refractivity contribution in [1.29, 1.82) is 0 Å². The fourth-order valence-corrected chi connectivity index (χ4v) is 0.624. The summed E-state index contributed by atoms with van der Waals surface area (Å²) in [6.45, 7) is 1.81. The van der Waals surface area contributed by atoms with Crippen LogP contribution in [-0.4, -0.2) is 16.3 Å². The number of hydrogen-bond acceptors (Lipinski definition) is 3. The zero-order valence-electron chi connectivity index (χ0n) is 5.69. The maximum absolute atomic E-state index is 10.2. The SMILES string of the molecule is CC(C=O)c1cncnc1. The summed E-state index contributed by atoms with van der Waals surface area (Å²) in [5.74, 6) is -0.0961. The van der Waals surface area contributed by atoms with Crippen LogP contribution in [-0.2, 0) is 4.79 Å². The molecule has 0 bridgehead atoms. The lowest BCUT2D eigenvalue weighted by Gasteiger charge is -1.98. The van der Waals surface area contributed by atoms with Gasteiger partial charge in [0, 0.05) is 18.3 Å². The minimum absolute atomic E-state index is 0.0961. The summed E-state index contributed by atoms with van der Waals surface area (Å²) < 4.78 is 0. The Hall–Kier alpha value is -1.25. The van der Waals surface area contributed by atoms with Gasteiger partial charge in [0.2, 0.25) is 0 Å². The summed E-state index contributed by atoms with van der Waals surface area (Å²) in [6, 6.07) is 0. The first-order valence-electron chi connectivity index (χ1n) is 3.05. The quantitative estimate of drug-likeness (QED) is 0.564. The monoisotopic (exact) mass is 136 g/mol. The van der Waals surface area contributed by atoms with Gasteiger partial charge in [-0.2, -0.15) is 0 Å². The third kappa shape index (κ3) is 1.37. The van der Waals surface area contributed by atoms with Crippen LogP contribution in [0.2, 0.25) is 0 Å². The third-order valence-corrected chi connectivity index (χ3v) is 1.31. The molecule has 0 amide bonds. The number of aldehydes is 1. The van der Waals surface area contributed by atoms with Crippen molar-refractivity contribution < 1.29 is 4.79 Å². The lowest BCUT2D eigenvalue weighted by molar-refractivity contribution is -0.108. The molecule has 0 aliphatic heterocycles. The van der Waals surface area contributed by atoms with Crippen LogP contribution < -0.4 is 0 Å². The van der Waals surface area contributed by atoms with Gasteiger partial charge >= 0.3 is 0 Å². The molecule has 0 radical (unpaired) electrons. The van der Waals surface area contributed by atoms with Gasteiger partial charge in [-0.25, -0.2) is 9.97 Å². The minimum Gasteiger partial charge on any atom is -0.303 e. The van der Waals surface area contributed by atoms with E-state index in [0.29, 0.717) is 0 Å². The molecule has 1 unspecified atom stereocenters. The molecule has 3 nitrogen and oxygen atoms in total. The van der Waals surface area contributed by atoms with Crippen molar-refractivity contribution in [2.45, 2.75) is 12.8 Å². The first-order valence-corrected chi connectivity index (χ1v) is 3.05. The molecule has 1 rings (SSSR count). The molecule has 0 saturated heterocycles. The van der Waals surface area contributed by atoms with E-state index in [0.717, 1.165) is 11.8 Å². The molecule has 10 heavy (non-hydrogen) atoms. The highest BCUT2D eigenvalue weighted by Gasteiger charge is 2.01. The van der Waals surface area contributed by atoms with Crippen LogP contribution in [0.1, 0.15) is 18.4 Å². The van der Waals surface area contributed by atoms with Crippen LogP contribution in [0.5, 0.6) is 0 Å². The second kappa shape index (κ2) is 3.06. The van der Waals surface area contributed by atoms with E-state index >= 15 is 0 Å². The Morgan fingerprint density at radius 1 is 1.50 bits per heavy atom. The van der Waals surface area contributed by atoms with Crippen LogP contribution in [0.3, 0.4) is 0 Å². The smallest absolute Gasteiger partial charge is 0.127 e. The van der Waals surface area contributed by atoms with E-state index in [2.05, 4.69) is 9.97 Å². The van der Waals surface area contributed by atoms with E-state index in [1.807, 2.05) is 6.92 Å². The molecule has 1 heterocycles. The molecule has 0 saturated carbocycles. The van der Waals surface area contributed by atoms with Gasteiger partial charge < -0.3 is 4.79 Å². The Morgan fingerprint density at radius 2 is 2.10 bits per heavy atom. The van der Waals surface area contributed by atoms with Gasteiger partial charge in [0.05, 0.1) is 0 Å². The Bertz CT molecular complexity index is 210. The molecule has 3 heteroatoms. The van der Waals surface area contributed by atoms with Crippen molar-refractivity contribution in [2.75, 3.05) is 0 Å². The largest absolute Gasteiger partial charge is 0.303 e. The predicted molar refractivity (Wildman–Crippen MR) is 36.5 cm³/mol. The van der Waals surface area contributed by atoms with E-state index in [1.54, 1.807) is 12.4 Å². The fraction of sp³-hybridized carbons (Fsp3) is 0.286. The Morgan fingerprint density at radius 3 is 2.60 bits per heavy atom. The van der Waals surface area contributed by atoms with Crippen LogP contribution in [0.25, 0.3) is 0 Å².